The fraction of sp³-hybridized carbons (Fsp3) is 0.467. The summed E-state index contributed by atoms with van der Waals surface area (Å²) in [6.45, 7) is -0.563. The zero-order valence-electron chi connectivity index (χ0n) is 23.9. The maximum atomic E-state index is 13.2. The molecule has 2 aromatic carbocycles. The Balaban J connectivity index is 1.46. The number of nitrogens with one attached hydrogen (secondary N) is 1. The van der Waals surface area contributed by atoms with Crippen LogP contribution < -0.4 is 10.1 Å². The molecule has 11 nitrogen and oxygen atoms in total. The van der Waals surface area contributed by atoms with Gasteiger partial charge in [0.25, 0.3) is 5.91 Å². The van der Waals surface area contributed by atoms with Crippen molar-refractivity contribution in [3.8, 4) is 5.75 Å². The summed E-state index contributed by atoms with van der Waals surface area (Å²) in [5.41, 5.74) is 1.26. The summed E-state index contributed by atoms with van der Waals surface area (Å²) in [7, 11) is -1.10. The Kier molecular flexibility index (Phi) is 11.0. The third kappa shape index (κ3) is 7.88. The molecule has 0 bridgehead atoms. The first-order valence-corrected chi connectivity index (χ1v) is 15.4. The summed E-state index contributed by atoms with van der Waals surface area (Å²) in [6.07, 6.45) is 5.25. The first kappa shape index (κ1) is 31.5. The Morgan fingerprint density at radius 2 is 1.71 bits per heavy atom. The Labute approximate surface area is 246 Å². The van der Waals surface area contributed by atoms with Gasteiger partial charge in [-0.25, -0.2) is 13.2 Å². The number of aliphatic hydroxyl groups is 1. The first-order valence-electron chi connectivity index (χ1n) is 14.0. The van der Waals surface area contributed by atoms with Gasteiger partial charge >= 0.3 is 5.97 Å². The van der Waals surface area contributed by atoms with Crippen LogP contribution in [0, 0.1) is 0 Å². The summed E-state index contributed by atoms with van der Waals surface area (Å²) >= 11 is 0. The van der Waals surface area contributed by atoms with E-state index in [4.69, 9.17) is 18.9 Å². The largest absolute Gasteiger partial charge is 0.497 e. The van der Waals surface area contributed by atoms with Crippen LogP contribution >= 0.6 is 0 Å². The molecule has 12 heteroatoms. The Hall–Kier alpha value is -3.45. The van der Waals surface area contributed by atoms with Gasteiger partial charge in [-0.2, -0.15) is 4.31 Å². The van der Waals surface area contributed by atoms with Crippen LogP contribution in [0.25, 0.3) is 0 Å². The fourth-order valence-corrected chi connectivity index (χ4v) is 6.52. The number of hydrogen-bond acceptors (Lipinski definition) is 9. The predicted octanol–water partition coefficient (Wildman–Crippen LogP) is 2.95. The van der Waals surface area contributed by atoms with Crippen LogP contribution in [0.4, 0.5) is 0 Å². The topological polar surface area (TPSA) is 141 Å². The number of aliphatic hydroxyl groups excluding tert-OH is 1. The van der Waals surface area contributed by atoms with Gasteiger partial charge in [0, 0.05) is 31.5 Å². The van der Waals surface area contributed by atoms with E-state index in [0.717, 1.165) is 35.6 Å². The highest BCUT2D eigenvalue weighted by atomic mass is 32.2. The number of hydrogen-bond donors (Lipinski definition) is 2. The van der Waals surface area contributed by atoms with Crippen molar-refractivity contribution in [1.82, 2.24) is 9.62 Å². The van der Waals surface area contributed by atoms with E-state index in [2.05, 4.69) is 5.32 Å². The van der Waals surface area contributed by atoms with E-state index in [1.165, 1.54) is 26.4 Å². The van der Waals surface area contributed by atoms with Crippen molar-refractivity contribution in [2.24, 2.45) is 0 Å². The summed E-state index contributed by atoms with van der Waals surface area (Å²) in [5.74, 6) is -0.361. The SMILES string of the molecule is COC(=O)c1ccc([C@H]2C=C(C(=O)NC3CCCC3)O[C@@H](OCCN(CCO)S(=O)(=O)c3ccc(OC)cc3)C2)cc1. The Bertz CT molecular complexity index is 1340. The van der Waals surface area contributed by atoms with E-state index in [1.807, 2.05) is 0 Å². The van der Waals surface area contributed by atoms with Crippen molar-refractivity contribution in [2.75, 3.05) is 40.5 Å². The van der Waals surface area contributed by atoms with Crippen molar-refractivity contribution in [2.45, 2.75) is 55.2 Å². The van der Waals surface area contributed by atoms with Crippen LogP contribution in [0.5, 0.6) is 5.75 Å². The molecule has 0 radical (unpaired) electrons. The number of benzene rings is 2. The number of ether oxygens (including phenoxy) is 4. The number of rotatable bonds is 13. The molecule has 2 N–H and O–H groups in total. The summed E-state index contributed by atoms with van der Waals surface area (Å²) < 4.78 is 49.4. The van der Waals surface area contributed by atoms with Crippen molar-refractivity contribution in [1.29, 1.82) is 0 Å². The molecule has 4 rings (SSSR count). The molecule has 1 aliphatic heterocycles. The predicted molar refractivity (Wildman–Crippen MR) is 153 cm³/mol. The van der Waals surface area contributed by atoms with E-state index in [1.54, 1.807) is 42.5 Å². The maximum Gasteiger partial charge on any atom is 0.337 e. The second-order valence-electron chi connectivity index (χ2n) is 10.2. The molecule has 1 saturated carbocycles. The molecule has 0 saturated heterocycles. The Morgan fingerprint density at radius 1 is 1.02 bits per heavy atom. The highest BCUT2D eigenvalue weighted by Gasteiger charge is 2.31. The quantitative estimate of drug-likeness (QED) is 0.331. The molecular formula is C30H38N2O9S. The van der Waals surface area contributed by atoms with Crippen molar-refractivity contribution < 1.29 is 42.1 Å². The molecule has 1 aliphatic carbocycles. The average molecular weight is 603 g/mol. The average Bonchev–Trinajstić information content (AvgIpc) is 3.53. The molecular weight excluding hydrogens is 564 g/mol. The van der Waals surface area contributed by atoms with Crippen molar-refractivity contribution in [3.63, 3.8) is 0 Å². The molecule has 2 aromatic rings. The number of sulfonamides is 1. The van der Waals surface area contributed by atoms with Crippen LogP contribution in [0.2, 0.25) is 0 Å². The number of methoxy groups -OCH3 is 2. The van der Waals surface area contributed by atoms with E-state index in [9.17, 15) is 23.1 Å². The summed E-state index contributed by atoms with van der Waals surface area (Å²) in [4.78, 5) is 25.1. The van der Waals surface area contributed by atoms with Crippen LogP contribution in [0.1, 0.15) is 53.9 Å². The van der Waals surface area contributed by atoms with E-state index in [-0.39, 0.29) is 54.8 Å². The smallest absolute Gasteiger partial charge is 0.337 e. The van der Waals surface area contributed by atoms with Gasteiger partial charge in [-0.15, -0.1) is 0 Å². The fourth-order valence-electron chi connectivity index (χ4n) is 5.11. The normalized spacial score (nSPS) is 19.2. The van der Waals surface area contributed by atoms with Gasteiger partial charge < -0.3 is 29.4 Å². The standard InChI is InChI=1S/C30H38N2O9S/c1-38-25-11-13-26(14-12-25)42(36,37)32(15-17-33)16-18-40-28-20-23(21-7-9-22(10-8-21)30(35)39-2)19-27(41-28)29(34)31-24-5-3-4-6-24/h7-14,19,23-24,28,33H,3-6,15-18,20H2,1-2H3,(H,31,34)/t23-,28+/m0/s1. The number of esters is 1. The number of amides is 1. The third-order valence-electron chi connectivity index (χ3n) is 7.42. The van der Waals surface area contributed by atoms with E-state index in [0.29, 0.717) is 17.7 Å². The number of allylic oxidation sites excluding steroid dienone is 1. The van der Waals surface area contributed by atoms with Crippen LogP contribution in [-0.2, 0) is 29.0 Å². The molecule has 2 atom stereocenters. The first-order chi connectivity index (χ1) is 20.2. The second-order valence-corrected chi connectivity index (χ2v) is 12.1. The summed E-state index contributed by atoms with van der Waals surface area (Å²) in [6, 6.07) is 13.0. The zero-order chi connectivity index (χ0) is 30.1. The van der Waals surface area contributed by atoms with Crippen LogP contribution in [-0.4, -0.2) is 82.6 Å². The van der Waals surface area contributed by atoms with Gasteiger partial charge in [0.15, 0.2) is 5.76 Å². The van der Waals surface area contributed by atoms with Gasteiger partial charge in [-0.1, -0.05) is 25.0 Å². The molecule has 0 unspecified atom stereocenters. The van der Waals surface area contributed by atoms with Crippen LogP contribution in [0.3, 0.4) is 0 Å². The highest BCUT2D eigenvalue weighted by molar-refractivity contribution is 7.89. The maximum absolute atomic E-state index is 13.2. The molecule has 0 spiro atoms. The molecule has 2 aliphatic rings. The molecule has 1 amide bonds. The minimum atomic E-state index is -3.91. The molecule has 0 aromatic heterocycles. The number of carbonyl (C=O) groups is 2. The number of carbonyl (C=O) groups excluding carboxylic acids is 2. The van der Waals surface area contributed by atoms with Gasteiger partial charge in [-0.05, 0) is 60.9 Å². The van der Waals surface area contributed by atoms with E-state index < -0.39 is 22.3 Å². The third-order valence-corrected chi connectivity index (χ3v) is 9.34. The summed E-state index contributed by atoms with van der Waals surface area (Å²) in [5, 5.41) is 12.6. The molecule has 1 fully saturated rings. The molecule has 42 heavy (non-hydrogen) atoms. The molecule has 1 heterocycles. The minimum absolute atomic E-state index is 0.0361. The Morgan fingerprint density at radius 3 is 2.33 bits per heavy atom. The lowest BCUT2D eigenvalue weighted by molar-refractivity contribution is -0.146. The lowest BCUT2D eigenvalue weighted by Gasteiger charge is -2.30. The zero-order valence-corrected chi connectivity index (χ0v) is 24.7. The van der Waals surface area contributed by atoms with Crippen molar-refractivity contribution >= 4 is 21.9 Å². The van der Waals surface area contributed by atoms with Gasteiger partial charge in [0.05, 0.1) is 37.9 Å². The van der Waals surface area contributed by atoms with Crippen molar-refractivity contribution in [3.05, 3.63) is 71.5 Å². The highest BCUT2D eigenvalue weighted by Crippen LogP contribution is 2.32. The number of nitrogens with zero attached hydrogens (tertiary/aromatic N) is 1. The monoisotopic (exact) mass is 602 g/mol. The van der Waals surface area contributed by atoms with Crippen LogP contribution in [0.15, 0.2) is 65.3 Å². The van der Waals surface area contributed by atoms with E-state index >= 15 is 0 Å². The lowest BCUT2D eigenvalue weighted by atomic mass is 9.92. The minimum Gasteiger partial charge on any atom is -0.497 e. The van der Waals surface area contributed by atoms with Gasteiger partial charge in [0.2, 0.25) is 16.3 Å². The lowest BCUT2D eigenvalue weighted by Crippen LogP contribution is -2.39. The molecule has 228 valence electrons. The second kappa shape index (κ2) is 14.6. The van der Waals surface area contributed by atoms with Gasteiger partial charge in [0.1, 0.15) is 5.75 Å². The van der Waals surface area contributed by atoms with Gasteiger partial charge in [-0.3, -0.25) is 4.79 Å².